The fraction of sp³-hybridized carbons (Fsp3) is 0.267. The van der Waals surface area contributed by atoms with Crippen LogP contribution in [-0.2, 0) is 6.54 Å². The molecule has 0 radical (unpaired) electrons. The van der Waals surface area contributed by atoms with Gasteiger partial charge in [0.2, 0.25) is 0 Å². The Labute approximate surface area is 107 Å². The molecule has 0 fully saturated rings. The number of urea groups is 1. The van der Waals surface area contributed by atoms with Crippen molar-refractivity contribution in [3.63, 3.8) is 0 Å². The Hall–Kier alpha value is -2.03. The van der Waals surface area contributed by atoms with E-state index in [-0.39, 0.29) is 6.03 Å². The van der Waals surface area contributed by atoms with Gasteiger partial charge in [0.25, 0.3) is 0 Å². The van der Waals surface area contributed by atoms with E-state index in [1.54, 1.807) is 19.0 Å². The van der Waals surface area contributed by atoms with Gasteiger partial charge in [0.15, 0.2) is 0 Å². The minimum Gasteiger partial charge on any atom is -0.341 e. The van der Waals surface area contributed by atoms with Crippen molar-refractivity contribution < 1.29 is 4.79 Å². The summed E-state index contributed by atoms with van der Waals surface area (Å²) in [7, 11) is 3.43. The normalized spacial score (nSPS) is 10.4. The molecular formula is C15H18N2O. The van der Waals surface area contributed by atoms with Gasteiger partial charge in [0.1, 0.15) is 0 Å². The molecule has 94 valence electrons. The van der Waals surface area contributed by atoms with Gasteiger partial charge in [-0.15, -0.1) is 0 Å². The maximum atomic E-state index is 11.4. The summed E-state index contributed by atoms with van der Waals surface area (Å²) in [5, 5.41) is 5.07. The van der Waals surface area contributed by atoms with E-state index in [9.17, 15) is 4.79 Å². The highest BCUT2D eigenvalue weighted by atomic mass is 16.2. The molecule has 0 aliphatic rings. The molecule has 0 aliphatic carbocycles. The molecule has 3 heteroatoms. The molecule has 0 aliphatic heterocycles. The van der Waals surface area contributed by atoms with Crippen molar-refractivity contribution in [2.24, 2.45) is 0 Å². The third kappa shape index (κ3) is 2.62. The number of hydrogen-bond donors (Lipinski definition) is 1. The molecule has 2 rings (SSSR count). The predicted octanol–water partition coefficient (Wildman–Crippen LogP) is 2.92. The summed E-state index contributed by atoms with van der Waals surface area (Å²) in [4.78, 5) is 13.1. The van der Waals surface area contributed by atoms with Gasteiger partial charge in [-0.2, -0.15) is 0 Å². The van der Waals surface area contributed by atoms with Crippen LogP contribution in [0.1, 0.15) is 11.1 Å². The summed E-state index contributed by atoms with van der Waals surface area (Å²) < 4.78 is 0. The van der Waals surface area contributed by atoms with Gasteiger partial charge in [0.05, 0.1) is 0 Å². The maximum absolute atomic E-state index is 11.4. The number of aryl methyl sites for hydroxylation is 1. The van der Waals surface area contributed by atoms with Gasteiger partial charge >= 0.3 is 6.03 Å². The van der Waals surface area contributed by atoms with Crippen LogP contribution in [0.25, 0.3) is 10.8 Å². The van der Waals surface area contributed by atoms with E-state index >= 15 is 0 Å². The third-order valence-corrected chi connectivity index (χ3v) is 3.04. The van der Waals surface area contributed by atoms with E-state index in [1.807, 2.05) is 0 Å². The zero-order valence-electron chi connectivity index (χ0n) is 11.0. The quantitative estimate of drug-likeness (QED) is 0.862. The molecule has 2 amide bonds. The number of hydrogen-bond acceptors (Lipinski definition) is 1. The summed E-state index contributed by atoms with van der Waals surface area (Å²) in [5.74, 6) is 0. The number of carbonyl (C=O) groups excluding carboxylic acids is 1. The van der Waals surface area contributed by atoms with Gasteiger partial charge in [0, 0.05) is 20.6 Å². The van der Waals surface area contributed by atoms with Crippen LogP contribution >= 0.6 is 0 Å². The molecule has 0 saturated heterocycles. The Morgan fingerprint density at radius 3 is 2.56 bits per heavy atom. The van der Waals surface area contributed by atoms with E-state index in [1.165, 1.54) is 16.3 Å². The molecule has 0 aromatic heterocycles. The lowest BCUT2D eigenvalue weighted by Crippen LogP contribution is -2.34. The molecule has 0 unspecified atom stereocenters. The van der Waals surface area contributed by atoms with Crippen molar-refractivity contribution in [2.75, 3.05) is 14.1 Å². The number of amides is 2. The Morgan fingerprint density at radius 2 is 1.83 bits per heavy atom. The van der Waals surface area contributed by atoms with Crippen molar-refractivity contribution in [3.05, 3.63) is 47.5 Å². The first-order valence-corrected chi connectivity index (χ1v) is 6.02. The zero-order valence-corrected chi connectivity index (χ0v) is 11.0. The first-order valence-electron chi connectivity index (χ1n) is 6.02. The van der Waals surface area contributed by atoms with E-state index in [4.69, 9.17) is 0 Å². The SMILES string of the molecule is CNC(=O)N(C)Cc1ccc2cc(C)ccc2c1. The minimum absolute atomic E-state index is 0.0704. The number of carbonyl (C=O) groups is 1. The molecule has 0 bridgehead atoms. The lowest BCUT2D eigenvalue weighted by molar-refractivity contribution is 0.209. The highest BCUT2D eigenvalue weighted by Gasteiger charge is 2.06. The second kappa shape index (κ2) is 5.08. The Bertz CT molecular complexity index is 578. The Morgan fingerprint density at radius 1 is 1.17 bits per heavy atom. The van der Waals surface area contributed by atoms with Crippen LogP contribution in [0.4, 0.5) is 4.79 Å². The summed E-state index contributed by atoms with van der Waals surface area (Å²) in [5.41, 5.74) is 2.40. The molecule has 18 heavy (non-hydrogen) atoms. The van der Waals surface area contributed by atoms with Crippen LogP contribution in [0.15, 0.2) is 36.4 Å². The summed E-state index contributed by atoms with van der Waals surface area (Å²) in [6.45, 7) is 2.70. The molecule has 0 saturated carbocycles. The van der Waals surface area contributed by atoms with E-state index in [0.29, 0.717) is 6.54 Å². The molecular weight excluding hydrogens is 224 g/mol. The topological polar surface area (TPSA) is 32.3 Å². The standard InChI is InChI=1S/C15H18N2O/c1-11-4-6-14-9-12(5-7-13(14)8-11)10-17(3)15(18)16-2/h4-9H,10H2,1-3H3,(H,16,18). The Balaban J connectivity index is 2.25. The maximum Gasteiger partial charge on any atom is 0.317 e. The number of fused-ring (bicyclic) bond motifs is 1. The van der Waals surface area contributed by atoms with Gasteiger partial charge in [-0.25, -0.2) is 4.79 Å². The average molecular weight is 242 g/mol. The largest absolute Gasteiger partial charge is 0.341 e. The number of benzene rings is 2. The lowest BCUT2D eigenvalue weighted by atomic mass is 10.0. The lowest BCUT2D eigenvalue weighted by Gasteiger charge is -2.16. The highest BCUT2D eigenvalue weighted by molar-refractivity contribution is 5.84. The first kappa shape index (κ1) is 12.4. The van der Waals surface area contributed by atoms with E-state index in [0.717, 1.165) is 5.56 Å². The van der Waals surface area contributed by atoms with Crippen LogP contribution in [0.2, 0.25) is 0 Å². The summed E-state index contributed by atoms with van der Waals surface area (Å²) in [6, 6.07) is 12.6. The van der Waals surface area contributed by atoms with Crippen molar-refractivity contribution in [1.82, 2.24) is 10.2 Å². The predicted molar refractivity (Wildman–Crippen MR) is 74.6 cm³/mol. The monoisotopic (exact) mass is 242 g/mol. The third-order valence-electron chi connectivity index (χ3n) is 3.04. The van der Waals surface area contributed by atoms with E-state index < -0.39 is 0 Å². The molecule has 2 aromatic rings. The average Bonchev–Trinajstić information content (AvgIpc) is 2.38. The van der Waals surface area contributed by atoms with Gasteiger partial charge < -0.3 is 10.2 Å². The minimum atomic E-state index is -0.0704. The Kier molecular flexibility index (Phi) is 3.51. The van der Waals surface area contributed by atoms with Crippen LogP contribution < -0.4 is 5.32 Å². The van der Waals surface area contributed by atoms with Gasteiger partial charge in [-0.3, -0.25) is 0 Å². The molecule has 1 N–H and O–H groups in total. The van der Waals surface area contributed by atoms with Crippen LogP contribution in [0, 0.1) is 6.92 Å². The molecule has 2 aromatic carbocycles. The fourth-order valence-electron chi connectivity index (χ4n) is 2.05. The van der Waals surface area contributed by atoms with Crippen LogP contribution in [0.5, 0.6) is 0 Å². The van der Waals surface area contributed by atoms with Crippen molar-refractivity contribution >= 4 is 16.8 Å². The number of rotatable bonds is 2. The summed E-state index contributed by atoms with van der Waals surface area (Å²) >= 11 is 0. The van der Waals surface area contributed by atoms with Crippen molar-refractivity contribution in [3.8, 4) is 0 Å². The number of nitrogens with zero attached hydrogens (tertiary/aromatic N) is 1. The molecule has 0 spiro atoms. The van der Waals surface area contributed by atoms with Gasteiger partial charge in [-0.1, -0.05) is 35.9 Å². The second-order valence-electron chi connectivity index (χ2n) is 4.60. The van der Waals surface area contributed by atoms with E-state index in [2.05, 4.69) is 48.6 Å². The molecule has 0 atom stereocenters. The number of nitrogens with one attached hydrogen (secondary N) is 1. The van der Waals surface area contributed by atoms with Gasteiger partial charge in [-0.05, 0) is 29.3 Å². The molecule has 3 nitrogen and oxygen atoms in total. The molecule has 0 heterocycles. The zero-order chi connectivity index (χ0) is 13.1. The summed E-state index contributed by atoms with van der Waals surface area (Å²) in [6.07, 6.45) is 0. The first-order chi connectivity index (χ1) is 8.60. The van der Waals surface area contributed by atoms with Crippen LogP contribution in [0.3, 0.4) is 0 Å². The second-order valence-corrected chi connectivity index (χ2v) is 4.60. The smallest absolute Gasteiger partial charge is 0.317 e. The van der Waals surface area contributed by atoms with Crippen molar-refractivity contribution in [1.29, 1.82) is 0 Å². The van der Waals surface area contributed by atoms with Crippen molar-refractivity contribution in [2.45, 2.75) is 13.5 Å². The fourth-order valence-corrected chi connectivity index (χ4v) is 2.05. The highest BCUT2D eigenvalue weighted by Crippen LogP contribution is 2.18. The van der Waals surface area contributed by atoms with Crippen LogP contribution in [-0.4, -0.2) is 25.0 Å².